The fourth-order valence-electron chi connectivity index (χ4n) is 4.18. The number of amides is 2. The van der Waals surface area contributed by atoms with E-state index < -0.39 is 0 Å². The molecular formula is C26H26N6O2. The van der Waals surface area contributed by atoms with Crippen LogP contribution in [0.4, 0.5) is 17.2 Å². The Bertz CT molecular complexity index is 1270. The van der Waals surface area contributed by atoms with Gasteiger partial charge in [0.05, 0.1) is 12.1 Å². The number of rotatable bonds is 6. The maximum atomic E-state index is 12.7. The van der Waals surface area contributed by atoms with E-state index in [4.69, 9.17) is 6.42 Å². The standard InChI is InChI=1S/C26H26N6O2/c1-2-18-4-3-5-20(14-18)30-25-22-15-21(8-9-23(22)27-17-28-25)29-24(33)16-31-10-12-32(13-11-31)26(34)19-6-7-19/h1,3-5,8-9,14-15,17,19H,6-7,10-13,16H2,(H,29,33)(H,27,28,30). The molecule has 0 atom stereocenters. The quantitative estimate of drug-likeness (QED) is 0.557. The molecule has 172 valence electrons. The third-order valence-corrected chi connectivity index (χ3v) is 6.19. The van der Waals surface area contributed by atoms with E-state index in [9.17, 15) is 9.59 Å². The van der Waals surface area contributed by atoms with Gasteiger partial charge in [0.15, 0.2) is 0 Å². The second kappa shape index (κ2) is 9.49. The van der Waals surface area contributed by atoms with E-state index in [0.29, 0.717) is 44.2 Å². The van der Waals surface area contributed by atoms with Gasteiger partial charge < -0.3 is 15.5 Å². The van der Waals surface area contributed by atoms with Crippen LogP contribution in [0.1, 0.15) is 18.4 Å². The predicted molar refractivity (Wildman–Crippen MR) is 132 cm³/mol. The van der Waals surface area contributed by atoms with Crippen molar-refractivity contribution in [1.82, 2.24) is 19.8 Å². The summed E-state index contributed by atoms with van der Waals surface area (Å²) in [4.78, 5) is 37.6. The fraction of sp³-hybridized carbons (Fsp3) is 0.308. The van der Waals surface area contributed by atoms with Crippen LogP contribution in [-0.2, 0) is 9.59 Å². The largest absolute Gasteiger partial charge is 0.340 e. The molecule has 8 nitrogen and oxygen atoms in total. The van der Waals surface area contributed by atoms with Crippen LogP contribution in [0.15, 0.2) is 48.8 Å². The highest BCUT2D eigenvalue weighted by Crippen LogP contribution is 2.31. The summed E-state index contributed by atoms with van der Waals surface area (Å²) in [5.41, 5.74) is 3.04. The Morgan fingerprint density at radius 3 is 2.62 bits per heavy atom. The maximum Gasteiger partial charge on any atom is 0.238 e. The van der Waals surface area contributed by atoms with Gasteiger partial charge in [-0.2, -0.15) is 0 Å². The summed E-state index contributed by atoms with van der Waals surface area (Å²) < 4.78 is 0. The van der Waals surface area contributed by atoms with Gasteiger partial charge in [-0.25, -0.2) is 9.97 Å². The molecule has 1 aliphatic heterocycles. The number of hydrogen-bond acceptors (Lipinski definition) is 6. The number of fused-ring (bicyclic) bond motifs is 1. The molecule has 8 heteroatoms. The molecule has 2 amide bonds. The summed E-state index contributed by atoms with van der Waals surface area (Å²) in [6.07, 6.45) is 9.05. The van der Waals surface area contributed by atoms with Crippen molar-refractivity contribution in [2.45, 2.75) is 12.8 Å². The molecule has 1 saturated heterocycles. The molecule has 34 heavy (non-hydrogen) atoms. The molecular weight excluding hydrogens is 428 g/mol. The van der Waals surface area contributed by atoms with Crippen molar-refractivity contribution in [2.75, 3.05) is 43.4 Å². The lowest BCUT2D eigenvalue weighted by Crippen LogP contribution is -2.50. The van der Waals surface area contributed by atoms with E-state index in [2.05, 4.69) is 31.4 Å². The molecule has 3 aromatic rings. The lowest BCUT2D eigenvalue weighted by Gasteiger charge is -2.34. The zero-order valence-electron chi connectivity index (χ0n) is 18.8. The second-order valence-electron chi connectivity index (χ2n) is 8.73. The number of nitrogens with one attached hydrogen (secondary N) is 2. The summed E-state index contributed by atoms with van der Waals surface area (Å²) in [5.74, 6) is 3.69. The highest BCUT2D eigenvalue weighted by molar-refractivity contribution is 5.98. The number of nitrogens with zero attached hydrogens (tertiary/aromatic N) is 4. The first-order valence-corrected chi connectivity index (χ1v) is 11.5. The van der Waals surface area contributed by atoms with Crippen molar-refractivity contribution in [3.05, 3.63) is 54.4 Å². The normalized spacial score (nSPS) is 16.1. The molecule has 1 saturated carbocycles. The van der Waals surface area contributed by atoms with Gasteiger partial charge >= 0.3 is 0 Å². The minimum Gasteiger partial charge on any atom is -0.340 e. The van der Waals surface area contributed by atoms with Crippen LogP contribution < -0.4 is 10.6 Å². The van der Waals surface area contributed by atoms with Crippen molar-refractivity contribution >= 4 is 39.9 Å². The van der Waals surface area contributed by atoms with Crippen LogP contribution in [0.25, 0.3) is 10.9 Å². The third kappa shape index (κ3) is 5.00. The minimum absolute atomic E-state index is 0.0885. The van der Waals surface area contributed by atoms with E-state index >= 15 is 0 Å². The Morgan fingerprint density at radius 1 is 1.03 bits per heavy atom. The number of hydrogen-bond donors (Lipinski definition) is 2. The molecule has 0 radical (unpaired) electrons. The highest BCUT2D eigenvalue weighted by atomic mass is 16.2. The summed E-state index contributed by atoms with van der Waals surface area (Å²) in [6, 6.07) is 13.1. The molecule has 5 rings (SSSR count). The first-order valence-electron chi connectivity index (χ1n) is 11.5. The molecule has 2 fully saturated rings. The van der Waals surface area contributed by atoms with Crippen LogP contribution >= 0.6 is 0 Å². The third-order valence-electron chi connectivity index (χ3n) is 6.19. The van der Waals surface area contributed by atoms with Gasteiger partial charge in [0.25, 0.3) is 0 Å². The fourth-order valence-corrected chi connectivity index (χ4v) is 4.18. The molecule has 2 N–H and O–H groups in total. The van der Waals surface area contributed by atoms with Crippen LogP contribution in [0.5, 0.6) is 0 Å². The van der Waals surface area contributed by atoms with E-state index in [1.807, 2.05) is 47.4 Å². The number of anilines is 3. The Kier molecular flexibility index (Phi) is 6.11. The topological polar surface area (TPSA) is 90.5 Å². The summed E-state index contributed by atoms with van der Waals surface area (Å²) in [5, 5.41) is 7.07. The molecule has 0 spiro atoms. The zero-order valence-corrected chi connectivity index (χ0v) is 18.8. The average molecular weight is 455 g/mol. The molecule has 1 aliphatic carbocycles. The van der Waals surface area contributed by atoms with E-state index in [1.54, 1.807) is 0 Å². The van der Waals surface area contributed by atoms with Crippen molar-refractivity contribution in [3.8, 4) is 12.3 Å². The number of terminal acetylenes is 1. The molecule has 2 aromatic carbocycles. The van der Waals surface area contributed by atoms with E-state index in [-0.39, 0.29) is 17.7 Å². The van der Waals surface area contributed by atoms with Gasteiger partial charge in [-0.15, -0.1) is 6.42 Å². The lowest BCUT2D eigenvalue weighted by atomic mass is 10.2. The Balaban J connectivity index is 1.23. The van der Waals surface area contributed by atoms with Gasteiger partial charge in [-0.3, -0.25) is 14.5 Å². The monoisotopic (exact) mass is 454 g/mol. The SMILES string of the molecule is C#Cc1cccc(Nc2ncnc3ccc(NC(=O)CN4CCN(C(=O)C5CC5)CC4)cc23)c1. The Morgan fingerprint density at radius 2 is 1.85 bits per heavy atom. The average Bonchev–Trinajstić information content (AvgIpc) is 3.70. The molecule has 0 bridgehead atoms. The van der Waals surface area contributed by atoms with Crippen molar-refractivity contribution in [2.24, 2.45) is 5.92 Å². The minimum atomic E-state index is -0.0885. The van der Waals surface area contributed by atoms with Crippen molar-refractivity contribution < 1.29 is 9.59 Å². The van der Waals surface area contributed by atoms with Gasteiger partial charge in [0, 0.05) is 54.4 Å². The van der Waals surface area contributed by atoms with Crippen molar-refractivity contribution in [3.63, 3.8) is 0 Å². The lowest BCUT2D eigenvalue weighted by molar-refractivity contribution is -0.134. The second-order valence-corrected chi connectivity index (χ2v) is 8.73. The van der Waals surface area contributed by atoms with Crippen LogP contribution in [0.2, 0.25) is 0 Å². The number of aromatic nitrogens is 2. The Labute approximate surface area is 198 Å². The molecule has 2 aliphatic rings. The summed E-state index contributed by atoms with van der Waals surface area (Å²) >= 11 is 0. The Hall–Kier alpha value is -3.96. The van der Waals surface area contributed by atoms with Gasteiger partial charge in [-0.05, 0) is 49.2 Å². The van der Waals surface area contributed by atoms with Gasteiger partial charge in [-0.1, -0.05) is 12.0 Å². The summed E-state index contributed by atoms with van der Waals surface area (Å²) in [6.45, 7) is 3.08. The van der Waals surface area contributed by atoms with Crippen LogP contribution in [-0.4, -0.2) is 64.3 Å². The first-order chi connectivity index (χ1) is 16.6. The highest BCUT2D eigenvalue weighted by Gasteiger charge is 2.34. The number of piperazine rings is 1. The van der Waals surface area contributed by atoms with Gasteiger partial charge in [0.1, 0.15) is 12.1 Å². The molecule has 2 heterocycles. The zero-order chi connectivity index (χ0) is 23.5. The van der Waals surface area contributed by atoms with Crippen molar-refractivity contribution in [1.29, 1.82) is 0 Å². The molecule has 0 unspecified atom stereocenters. The van der Waals surface area contributed by atoms with Crippen LogP contribution in [0.3, 0.4) is 0 Å². The number of carbonyl (C=O) groups is 2. The first kappa shape index (κ1) is 21.9. The predicted octanol–water partition coefficient (Wildman–Crippen LogP) is 2.85. The number of benzene rings is 2. The van der Waals surface area contributed by atoms with E-state index in [0.717, 1.165) is 35.0 Å². The summed E-state index contributed by atoms with van der Waals surface area (Å²) in [7, 11) is 0. The smallest absolute Gasteiger partial charge is 0.238 e. The maximum absolute atomic E-state index is 12.7. The van der Waals surface area contributed by atoms with Gasteiger partial charge in [0.2, 0.25) is 11.8 Å². The molecule has 1 aromatic heterocycles. The van der Waals surface area contributed by atoms with Crippen LogP contribution in [0, 0.1) is 18.3 Å². The van der Waals surface area contributed by atoms with E-state index in [1.165, 1.54) is 6.33 Å². The number of carbonyl (C=O) groups excluding carboxylic acids is 2.